The molecule has 0 fully saturated rings. The zero-order valence-electron chi connectivity index (χ0n) is 11.9. The van der Waals surface area contributed by atoms with Crippen molar-refractivity contribution in [2.24, 2.45) is 0 Å². The van der Waals surface area contributed by atoms with E-state index in [0.717, 1.165) is 20.7 Å². The topological polar surface area (TPSA) is 42.1 Å². The minimum Gasteiger partial charge on any atom is -0.461 e. The molecule has 0 saturated heterocycles. The number of carbonyl (C=O) groups excluding carboxylic acids is 1. The molecule has 0 aliphatic heterocycles. The van der Waals surface area contributed by atoms with Crippen molar-refractivity contribution in [1.82, 2.24) is 4.98 Å². The van der Waals surface area contributed by atoms with E-state index in [4.69, 9.17) is 16.3 Å². The Kier molecular flexibility index (Phi) is 4.41. The number of rotatable bonds is 4. The number of ether oxygens (including phenoxy) is 1. The van der Waals surface area contributed by atoms with Crippen LogP contribution >= 0.6 is 23.4 Å². The molecule has 1 aromatic heterocycles. The van der Waals surface area contributed by atoms with Crippen LogP contribution in [0.2, 0.25) is 5.02 Å². The van der Waals surface area contributed by atoms with E-state index in [9.17, 15) is 4.79 Å². The summed E-state index contributed by atoms with van der Waals surface area (Å²) in [4.78, 5) is 17.2. The van der Waals surface area contributed by atoms with Crippen LogP contribution in [0.1, 0.15) is 17.4 Å². The maximum Gasteiger partial charge on any atom is 0.355 e. The standard InChI is InChI=1S/C17H14ClNO2S/c1-2-21-17(20)15-16(13-5-3-4-6-14(13)19-15)22-12-9-7-11(18)8-10-12/h3-10,19H,2H2,1H3. The third-order valence-corrected chi connectivity index (χ3v) is 4.56. The largest absolute Gasteiger partial charge is 0.461 e. The van der Waals surface area contributed by atoms with Gasteiger partial charge in [0.25, 0.3) is 0 Å². The van der Waals surface area contributed by atoms with Gasteiger partial charge >= 0.3 is 5.97 Å². The van der Waals surface area contributed by atoms with Gasteiger partial charge in [-0.05, 0) is 37.3 Å². The third kappa shape index (κ3) is 2.98. The summed E-state index contributed by atoms with van der Waals surface area (Å²) in [5.74, 6) is -0.338. The van der Waals surface area contributed by atoms with Crippen LogP contribution in [-0.2, 0) is 4.74 Å². The summed E-state index contributed by atoms with van der Waals surface area (Å²) in [7, 11) is 0. The number of aromatic nitrogens is 1. The smallest absolute Gasteiger partial charge is 0.355 e. The van der Waals surface area contributed by atoms with Crippen molar-refractivity contribution in [2.45, 2.75) is 16.7 Å². The summed E-state index contributed by atoms with van der Waals surface area (Å²) in [6.07, 6.45) is 0. The lowest BCUT2D eigenvalue weighted by atomic mass is 10.2. The van der Waals surface area contributed by atoms with Crippen LogP contribution in [0, 0.1) is 0 Å². The highest BCUT2D eigenvalue weighted by atomic mass is 35.5. The molecule has 2 aromatic carbocycles. The van der Waals surface area contributed by atoms with Gasteiger partial charge in [-0.25, -0.2) is 4.79 Å². The van der Waals surface area contributed by atoms with E-state index in [1.807, 2.05) is 48.5 Å². The predicted octanol–water partition coefficient (Wildman–Crippen LogP) is 5.15. The van der Waals surface area contributed by atoms with Crippen molar-refractivity contribution < 1.29 is 9.53 Å². The molecule has 22 heavy (non-hydrogen) atoms. The normalized spacial score (nSPS) is 10.8. The first-order valence-electron chi connectivity index (χ1n) is 6.90. The van der Waals surface area contributed by atoms with E-state index in [1.54, 1.807) is 6.92 Å². The van der Waals surface area contributed by atoms with Crippen LogP contribution in [0.4, 0.5) is 0 Å². The molecule has 0 saturated carbocycles. The Balaban J connectivity index is 2.07. The van der Waals surface area contributed by atoms with Gasteiger partial charge in [0.2, 0.25) is 0 Å². The van der Waals surface area contributed by atoms with Crippen LogP contribution in [0.15, 0.2) is 58.3 Å². The summed E-state index contributed by atoms with van der Waals surface area (Å²) >= 11 is 7.44. The van der Waals surface area contributed by atoms with Crippen molar-refractivity contribution in [3.8, 4) is 0 Å². The molecular weight excluding hydrogens is 318 g/mol. The molecule has 0 spiro atoms. The molecule has 0 atom stereocenters. The summed E-state index contributed by atoms with van der Waals surface area (Å²) in [6, 6.07) is 15.4. The van der Waals surface area contributed by atoms with E-state index >= 15 is 0 Å². The first kappa shape index (κ1) is 15.0. The highest BCUT2D eigenvalue weighted by Crippen LogP contribution is 2.37. The zero-order chi connectivity index (χ0) is 15.5. The Morgan fingerprint density at radius 2 is 1.91 bits per heavy atom. The Morgan fingerprint density at radius 1 is 1.18 bits per heavy atom. The van der Waals surface area contributed by atoms with E-state index in [0.29, 0.717) is 17.3 Å². The summed E-state index contributed by atoms with van der Waals surface area (Å²) in [5.41, 5.74) is 1.41. The van der Waals surface area contributed by atoms with Crippen molar-refractivity contribution in [3.63, 3.8) is 0 Å². The van der Waals surface area contributed by atoms with Gasteiger partial charge in [0.05, 0.1) is 11.5 Å². The molecule has 112 valence electrons. The van der Waals surface area contributed by atoms with Crippen LogP contribution in [-0.4, -0.2) is 17.6 Å². The van der Waals surface area contributed by atoms with Crippen molar-refractivity contribution >= 4 is 40.2 Å². The number of nitrogens with one attached hydrogen (secondary N) is 1. The fourth-order valence-electron chi connectivity index (χ4n) is 2.19. The third-order valence-electron chi connectivity index (χ3n) is 3.17. The average molecular weight is 332 g/mol. The highest BCUT2D eigenvalue weighted by Gasteiger charge is 2.19. The number of benzene rings is 2. The lowest BCUT2D eigenvalue weighted by Crippen LogP contribution is -2.06. The number of aromatic amines is 1. The van der Waals surface area contributed by atoms with Gasteiger partial charge in [0, 0.05) is 20.8 Å². The number of esters is 1. The van der Waals surface area contributed by atoms with E-state index in [-0.39, 0.29) is 5.97 Å². The molecule has 1 heterocycles. The number of hydrogen-bond donors (Lipinski definition) is 1. The Morgan fingerprint density at radius 3 is 2.64 bits per heavy atom. The Labute approximate surface area is 137 Å². The van der Waals surface area contributed by atoms with E-state index in [1.165, 1.54) is 11.8 Å². The maximum absolute atomic E-state index is 12.2. The molecule has 3 nitrogen and oxygen atoms in total. The molecule has 0 unspecified atom stereocenters. The monoisotopic (exact) mass is 331 g/mol. The van der Waals surface area contributed by atoms with Gasteiger partial charge in [-0.1, -0.05) is 41.6 Å². The quantitative estimate of drug-likeness (QED) is 0.672. The number of H-pyrrole nitrogens is 1. The van der Waals surface area contributed by atoms with E-state index in [2.05, 4.69) is 4.98 Å². The fourth-order valence-corrected chi connectivity index (χ4v) is 3.35. The fraction of sp³-hybridized carbons (Fsp3) is 0.118. The summed E-state index contributed by atoms with van der Waals surface area (Å²) in [6.45, 7) is 2.14. The van der Waals surface area contributed by atoms with Crippen LogP contribution < -0.4 is 0 Å². The van der Waals surface area contributed by atoms with Crippen molar-refractivity contribution in [3.05, 3.63) is 59.2 Å². The molecule has 5 heteroatoms. The molecule has 0 bridgehead atoms. The molecule has 0 amide bonds. The summed E-state index contributed by atoms with van der Waals surface area (Å²) in [5, 5.41) is 1.69. The first-order valence-corrected chi connectivity index (χ1v) is 8.09. The van der Waals surface area contributed by atoms with Gasteiger partial charge in [-0.15, -0.1) is 0 Å². The lowest BCUT2D eigenvalue weighted by molar-refractivity contribution is 0.0516. The Bertz CT molecular complexity index is 811. The zero-order valence-corrected chi connectivity index (χ0v) is 13.5. The minimum atomic E-state index is -0.338. The summed E-state index contributed by atoms with van der Waals surface area (Å²) < 4.78 is 5.15. The molecule has 0 radical (unpaired) electrons. The number of fused-ring (bicyclic) bond motifs is 1. The van der Waals surface area contributed by atoms with Crippen LogP contribution in [0.3, 0.4) is 0 Å². The molecule has 0 aliphatic carbocycles. The number of para-hydroxylation sites is 1. The van der Waals surface area contributed by atoms with Crippen LogP contribution in [0.25, 0.3) is 10.9 Å². The van der Waals surface area contributed by atoms with Gasteiger partial charge < -0.3 is 9.72 Å². The van der Waals surface area contributed by atoms with Gasteiger partial charge in [0.15, 0.2) is 0 Å². The minimum absolute atomic E-state index is 0.338. The van der Waals surface area contributed by atoms with Gasteiger partial charge in [0.1, 0.15) is 5.69 Å². The second kappa shape index (κ2) is 6.46. The predicted molar refractivity (Wildman–Crippen MR) is 89.8 cm³/mol. The molecule has 3 rings (SSSR count). The molecule has 1 N–H and O–H groups in total. The number of halogens is 1. The second-order valence-corrected chi connectivity index (χ2v) is 6.17. The van der Waals surface area contributed by atoms with Crippen molar-refractivity contribution in [2.75, 3.05) is 6.61 Å². The van der Waals surface area contributed by atoms with Gasteiger partial charge in [-0.2, -0.15) is 0 Å². The van der Waals surface area contributed by atoms with E-state index < -0.39 is 0 Å². The maximum atomic E-state index is 12.2. The SMILES string of the molecule is CCOC(=O)c1[nH]c2ccccc2c1Sc1ccc(Cl)cc1. The Hall–Kier alpha value is -1.91. The highest BCUT2D eigenvalue weighted by molar-refractivity contribution is 7.99. The molecule has 0 aliphatic rings. The van der Waals surface area contributed by atoms with Gasteiger partial charge in [-0.3, -0.25) is 0 Å². The second-order valence-electron chi connectivity index (χ2n) is 4.65. The number of hydrogen-bond acceptors (Lipinski definition) is 3. The van der Waals surface area contributed by atoms with Crippen molar-refractivity contribution in [1.29, 1.82) is 0 Å². The lowest BCUT2D eigenvalue weighted by Gasteiger charge is -2.05. The van der Waals surface area contributed by atoms with Crippen LogP contribution in [0.5, 0.6) is 0 Å². The molecular formula is C17H14ClNO2S. The average Bonchev–Trinajstić information content (AvgIpc) is 2.89. The first-order chi connectivity index (χ1) is 10.7. The number of carbonyl (C=O) groups is 1. The molecule has 3 aromatic rings.